The first kappa shape index (κ1) is 14.3. The van der Waals surface area contributed by atoms with Crippen LogP contribution in [0.1, 0.15) is 38.5 Å². The first-order valence-corrected chi connectivity index (χ1v) is 7.87. The zero-order valence-electron chi connectivity index (χ0n) is 12.1. The lowest BCUT2D eigenvalue weighted by molar-refractivity contribution is -0.179. The summed E-state index contributed by atoms with van der Waals surface area (Å²) in [6.07, 6.45) is 4.95. The van der Waals surface area contributed by atoms with E-state index in [1.54, 1.807) is 0 Å². The minimum atomic E-state index is -0.264. The zero-order valence-corrected chi connectivity index (χ0v) is 12.1. The molecule has 1 amide bonds. The van der Waals surface area contributed by atoms with Crippen LogP contribution in [0.25, 0.3) is 0 Å². The number of carbonyl (C=O) groups excluding carboxylic acids is 1. The van der Waals surface area contributed by atoms with Crippen LogP contribution in [-0.4, -0.2) is 60.5 Å². The second-order valence-corrected chi connectivity index (χ2v) is 6.45. The number of hydrogen-bond acceptors (Lipinski definition) is 4. The Morgan fingerprint density at radius 3 is 2.70 bits per heavy atom. The van der Waals surface area contributed by atoms with Crippen molar-refractivity contribution >= 4 is 5.91 Å². The molecule has 0 aromatic heterocycles. The van der Waals surface area contributed by atoms with E-state index in [9.17, 15) is 9.90 Å². The van der Waals surface area contributed by atoms with Gasteiger partial charge in [-0.2, -0.15) is 0 Å². The molecule has 2 saturated heterocycles. The van der Waals surface area contributed by atoms with Gasteiger partial charge in [0.05, 0.1) is 25.9 Å². The number of nitrogens with zero attached hydrogens (tertiary/aromatic N) is 1. The Bertz CT molecular complexity index is 340. The molecule has 5 nitrogen and oxygen atoms in total. The Morgan fingerprint density at radius 2 is 2.00 bits per heavy atom. The van der Waals surface area contributed by atoms with Gasteiger partial charge in [0.1, 0.15) is 5.60 Å². The summed E-state index contributed by atoms with van der Waals surface area (Å²) in [4.78, 5) is 14.6. The van der Waals surface area contributed by atoms with E-state index in [4.69, 9.17) is 9.47 Å². The third-order valence-electron chi connectivity index (χ3n) is 4.89. The highest BCUT2D eigenvalue weighted by atomic mass is 16.5. The van der Waals surface area contributed by atoms with Crippen LogP contribution in [0.5, 0.6) is 0 Å². The zero-order chi connectivity index (χ0) is 14.0. The standard InChI is InChI=1S/C15H25NO4/c17-13-4-2-12(3-5-13)14(18)16-7-9-20-15(10-16)6-1-8-19-11-15/h12-13,17H,1-11H2/t12?,13?,15-/m0/s1. The first-order chi connectivity index (χ1) is 9.69. The average molecular weight is 283 g/mol. The fourth-order valence-electron chi connectivity index (χ4n) is 3.68. The largest absolute Gasteiger partial charge is 0.393 e. The molecule has 3 rings (SSSR count). The van der Waals surface area contributed by atoms with Gasteiger partial charge in [-0.25, -0.2) is 0 Å². The van der Waals surface area contributed by atoms with E-state index in [2.05, 4.69) is 0 Å². The van der Waals surface area contributed by atoms with Crippen LogP contribution in [0.15, 0.2) is 0 Å². The van der Waals surface area contributed by atoms with Crippen molar-refractivity contribution in [3.8, 4) is 0 Å². The first-order valence-electron chi connectivity index (χ1n) is 7.87. The summed E-state index contributed by atoms with van der Waals surface area (Å²) in [5, 5.41) is 9.56. The van der Waals surface area contributed by atoms with Crippen LogP contribution < -0.4 is 0 Å². The van der Waals surface area contributed by atoms with Gasteiger partial charge in [-0.3, -0.25) is 4.79 Å². The number of aliphatic hydroxyl groups is 1. The third kappa shape index (κ3) is 3.00. The van der Waals surface area contributed by atoms with Crippen molar-refractivity contribution < 1.29 is 19.4 Å². The Hall–Kier alpha value is -0.650. The minimum absolute atomic E-state index is 0.0954. The van der Waals surface area contributed by atoms with E-state index in [1.807, 2.05) is 4.90 Å². The van der Waals surface area contributed by atoms with Crippen molar-refractivity contribution in [2.45, 2.75) is 50.2 Å². The fourth-order valence-corrected chi connectivity index (χ4v) is 3.68. The van der Waals surface area contributed by atoms with Crippen LogP contribution in [0.3, 0.4) is 0 Å². The molecule has 0 unspecified atom stereocenters. The number of hydrogen-bond donors (Lipinski definition) is 1. The van der Waals surface area contributed by atoms with Gasteiger partial charge in [0.2, 0.25) is 5.91 Å². The molecule has 0 bridgehead atoms. The summed E-state index contributed by atoms with van der Waals surface area (Å²) in [6, 6.07) is 0. The van der Waals surface area contributed by atoms with E-state index in [0.29, 0.717) is 26.3 Å². The highest BCUT2D eigenvalue weighted by Crippen LogP contribution is 2.31. The second kappa shape index (κ2) is 6.00. The van der Waals surface area contributed by atoms with Gasteiger partial charge in [0, 0.05) is 19.1 Å². The van der Waals surface area contributed by atoms with Crippen molar-refractivity contribution in [2.24, 2.45) is 5.92 Å². The van der Waals surface area contributed by atoms with E-state index in [0.717, 1.165) is 45.1 Å². The van der Waals surface area contributed by atoms with Crippen LogP contribution in [0.2, 0.25) is 0 Å². The van der Waals surface area contributed by atoms with Gasteiger partial charge in [0.25, 0.3) is 0 Å². The normalized spacial score (nSPS) is 39.0. The topological polar surface area (TPSA) is 59.0 Å². The van der Waals surface area contributed by atoms with Crippen molar-refractivity contribution in [3.63, 3.8) is 0 Å². The molecule has 3 fully saturated rings. The number of carbonyl (C=O) groups is 1. The van der Waals surface area contributed by atoms with Gasteiger partial charge >= 0.3 is 0 Å². The molecule has 2 aliphatic heterocycles. The maximum Gasteiger partial charge on any atom is 0.225 e. The van der Waals surface area contributed by atoms with Crippen LogP contribution >= 0.6 is 0 Å². The summed E-state index contributed by atoms with van der Waals surface area (Å²) in [6.45, 7) is 3.40. The third-order valence-corrected chi connectivity index (χ3v) is 4.89. The lowest BCUT2D eigenvalue weighted by Gasteiger charge is -2.45. The maximum absolute atomic E-state index is 12.6. The molecular formula is C15H25NO4. The van der Waals surface area contributed by atoms with E-state index >= 15 is 0 Å². The lowest BCUT2D eigenvalue weighted by Crippen LogP contribution is -2.58. The Kier molecular flexibility index (Phi) is 4.29. The highest BCUT2D eigenvalue weighted by molar-refractivity contribution is 5.79. The summed E-state index contributed by atoms with van der Waals surface area (Å²) >= 11 is 0. The number of aliphatic hydroxyl groups excluding tert-OH is 1. The Labute approximate surface area is 120 Å². The molecular weight excluding hydrogens is 258 g/mol. The predicted molar refractivity (Wildman–Crippen MR) is 73.3 cm³/mol. The highest BCUT2D eigenvalue weighted by Gasteiger charge is 2.41. The summed E-state index contributed by atoms with van der Waals surface area (Å²) in [5.74, 6) is 0.350. The summed E-state index contributed by atoms with van der Waals surface area (Å²) in [7, 11) is 0. The van der Waals surface area contributed by atoms with Gasteiger partial charge in [-0.1, -0.05) is 0 Å². The van der Waals surface area contributed by atoms with Gasteiger partial charge < -0.3 is 19.5 Å². The predicted octanol–water partition coefficient (Wildman–Crippen LogP) is 0.945. The van der Waals surface area contributed by atoms with Crippen molar-refractivity contribution in [1.82, 2.24) is 4.90 Å². The van der Waals surface area contributed by atoms with Crippen LogP contribution in [0.4, 0.5) is 0 Å². The molecule has 3 aliphatic rings. The molecule has 0 radical (unpaired) electrons. The van der Waals surface area contributed by atoms with E-state index in [1.165, 1.54) is 0 Å². The monoisotopic (exact) mass is 283 g/mol. The number of ether oxygens (including phenoxy) is 2. The van der Waals surface area contributed by atoms with Gasteiger partial charge in [0.15, 0.2) is 0 Å². The SMILES string of the molecule is O=C(C1CCC(O)CC1)N1CCO[C@@]2(CCCOC2)C1. The van der Waals surface area contributed by atoms with Crippen LogP contribution in [0, 0.1) is 5.92 Å². The summed E-state index contributed by atoms with van der Waals surface area (Å²) in [5.41, 5.74) is -0.264. The molecule has 0 aromatic carbocycles. The Morgan fingerprint density at radius 1 is 1.20 bits per heavy atom. The molecule has 1 saturated carbocycles. The molecule has 0 aromatic rings. The maximum atomic E-state index is 12.6. The molecule has 114 valence electrons. The molecule has 1 atom stereocenters. The average Bonchev–Trinajstić information content (AvgIpc) is 2.48. The summed E-state index contributed by atoms with van der Waals surface area (Å²) < 4.78 is 11.5. The minimum Gasteiger partial charge on any atom is -0.393 e. The molecule has 1 aliphatic carbocycles. The molecule has 1 spiro atoms. The molecule has 20 heavy (non-hydrogen) atoms. The van der Waals surface area contributed by atoms with Crippen LogP contribution in [-0.2, 0) is 14.3 Å². The van der Waals surface area contributed by atoms with Crippen molar-refractivity contribution in [1.29, 1.82) is 0 Å². The number of rotatable bonds is 1. The Balaban J connectivity index is 1.60. The van der Waals surface area contributed by atoms with Crippen molar-refractivity contribution in [2.75, 3.05) is 32.9 Å². The van der Waals surface area contributed by atoms with Gasteiger partial charge in [-0.05, 0) is 38.5 Å². The molecule has 2 heterocycles. The second-order valence-electron chi connectivity index (χ2n) is 6.45. The molecule has 1 N–H and O–H groups in total. The van der Waals surface area contributed by atoms with Gasteiger partial charge in [-0.15, -0.1) is 0 Å². The smallest absolute Gasteiger partial charge is 0.225 e. The van der Waals surface area contributed by atoms with Crippen molar-refractivity contribution in [3.05, 3.63) is 0 Å². The lowest BCUT2D eigenvalue weighted by atomic mass is 9.85. The fraction of sp³-hybridized carbons (Fsp3) is 0.933. The number of amides is 1. The number of morpholine rings is 1. The van der Waals surface area contributed by atoms with E-state index in [-0.39, 0.29) is 23.5 Å². The molecule has 5 heteroatoms. The quantitative estimate of drug-likeness (QED) is 0.778. The van der Waals surface area contributed by atoms with E-state index < -0.39 is 0 Å².